The maximum Gasteiger partial charge on any atom is 0.255 e. The van der Waals surface area contributed by atoms with Gasteiger partial charge in [-0.3, -0.25) is 9.59 Å². The van der Waals surface area contributed by atoms with Crippen molar-refractivity contribution in [2.24, 2.45) is 0 Å². The molecule has 0 saturated heterocycles. The molecule has 138 valence electrons. The van der Waals surface area contributed by atoms with E-state index < -0.39 is 11.6 Å². The highest BCUT2D eigenvalue weighted by Crippen LogP contribution is 2.30. The van der Waals surface area contributed by atoms with Crippen molar-refractivity contribution in [1.29, 1.82) is 0 Å². The van der Waals surface area contributed by atoms with Crippen LogP contribution in [0.3, 0.4) is 0 Å². The number of benzene rings is 1. The van der Waals surface area contributed by atoms with Crippen molar-refractivity contribution in [2.75, 3.05) is 13.2 Å². The number of carbonyl (C=O) groups is 1. The molecule has 7 heteroatoms. The first-order valence-electron chi connectivity index (χ1n) is 8.54. The topological polar surface area (TPSA) is 89.8 Å². The third kappa shape index (κ3) is 3.82. The second-order valence-corrected chi connectivity index (χ2v) is 6.29. The predicted molar refractivity (Wildman–Crippen MR) is 95.7 cm³/mol. The molecule has 1 amide bonds. The van der Waals surface area contributed by atoms with Crippen LogP contribution >= 0.6 is 0 Å². The number of aromatic nitrogens is 1. The molecule has 1 aromatic heterocycles. The Bertz CT molecular complexity index is 875. The van der Waals surface area contributed by atoms with Crippen LogP contribution in [0.2, 0.25) is 0 Å². The monoisotopic (exact) mass is 358 g/mol. The van der Waals surface area contributed by atoms with Crippen LogP contribution in [0.25, 0.3) is 0 Å². The summed E-state index contributed by atoms with van der Waals surface area (Å²) in [6.45, 7) is 4.86. The van der Waals surface area contributed by atoms with E-state index in [0.29, 0.717) is 37.0 Å². The lowest BCUT2D eigenvalue weighted by Crippen LogP contribution is -2.36. The second-order valence-electron chi connectivity index (χ2n) is 6.29. The van der Waals surface area contributed by atoms with Crippen LogP contribution in [-0.4, -0.2) is 28.8 Å². The molecule has 0 saturated carbocycles. The van der Waals surface area contributed by atoms with Gasteiger partial charge >= 0.3 is 0 Å². The van der Waals surface area contributed by atoms with Gasteiger partial charge in [0.05, 0.1) is 13.2 Å². The summed E-state index contributed by atoms with van der Waals surface area (Å²) in [4.78, 5) is 24.5. The van der Waals surface area contributed by atoms with Crippen LogP contribution in [0, 0.1) is 6.92 Å². The molecule has 1 aliphatic heterocycles. The average Bonchev–Trinajstić information content (AvgIpc) is 2.83. The number of pyridine rings is 1. The van der Waals surface area contributed by atoms with Gasteiger partial charge in [-0.2, -0.15) is 0 Å². The van der Waals surface area contributed by atoms with Gasteiger partial charge in [-0.05, 0) is 37.6 Å². The second kappa shape index (κ2) is 7.51. The smallest absolute Gasteiger partial charge is 0.255 e. The Kier molecular flexibility index (Phi) is 5.16. The highest BCUT2D eigenvalue weighted by atomic mass is 16.5. The van der Waals surface area contributed by atoms with Crippen LogP contribution < -0.4 is 20.3 Å². The zero-order valence-electron chi connectivity index (χ0n) is 14.8. The number of amides is 1. The van der Waals surface area contributed by atoms with Crippen LogP contribution in [0.5, 0.6) is 17.2 Å². The van der Waals surface area contributed by atoms with Crippen molar-refractivity contribution in [3.05, 3.63) is 51.9 Å². The number of fused-ring (bicyclic) bond motifs is 1. The van der Waals surface area contributed by atoms with Gasteiger partial charge in [-0.15, -0.1) is 0 Å². The molecule has 26 heavy (non-hydrogen) atoms. The number of nitrogens with zero attached hydrogens (tertiary/aromatic N) is 1. The van der Waals surface area contributed by atoms with Crippen molar-refractivity contribution in [3.63, 3.8) is 0 Å². The average molecular weight is 358 g/mol. The quantitative estimate of drug-likeness (QED) is 0.871. The summed E-state index contributed by atoms with van der Waals surface area (Å²) in [5.41, 5.74) is 0.985. The first-order valence-corrected chi connectivity index (χ1v) is 8.54. The van der Waals surface area contributed by atoms with E-state index in [2.05, 4.69) is 5.32 Å². The molecule has 0 aliphatic carbocycles. The Morgan fingerprint density at radius 2 is 1.96 bits per heavy atom. The predicted octanol–water partition coefficient (Wildman–Crippen LogP) is 1.90. The Balaban J connectivity index is 1.69. The normalized spacial score (nSPS) is 14.4. The fourth-order valence-corrected chi connectivity index (χ4v) is 2.96. The van der Waals surface area contributed by atoms with E-state index in [-0.39, 0.29) is 11.7 Å². The number of aromatic hydroxyl groups is 1. The molecule has 0 radical (unpaired) electrons. The maximum absolute atomic E-state index is 12.5. The summed E-state index contributed by atoms with van der Waals surface area (Å²) in [7, 11) is 0. The summed E-state index contributed by atoms with van der Waals surface area (Å²) in [6, 6.07) is 7.42. The molecule has 0 fully saturated rings. The van der Waals surface area contributed by atoms with Crippen molar-refractivity contribution in [2.45, 2.75) is 32.9 Å². The zero-order valence-corrected chi connectivity index (χ0v) is 14.8. The van der Waals surface area contributed by atoms with Crippen LogP contribution in [0.4, 0.5) is 0 Å². The van der Waals surface area contributed by atoms with Crippen molar-refractivity contribution < 1.29 is 19.4 Å². The van der Waals surface area contributed by atoms with Gasteiger partial charge in [0, 0.05) is 24.7 Å². The van der Waals surface area contributed by atoms with Crippen LogP contribution in [0.1, 0.15) is 30.6 Å². The van der Waals surface area contributed by atoms with Gasteiger partial charge in [0.1, 0.15) is 11.8 Å². The molecule has 7 nitrogen and oxygen atoms in total. The first-order chi connectivity index (χ1) is 12.5. The molecule has 1 unspecified atom stereocenters. The molecule has 1 aliphatic rings. The highest BCUT2D eigenvalue weighted by molar-refractivity contribution is 5.80. The summed E-state index contributed by atoms with van der Waals surface area (Å²) >= 11 is 0. The van der Waals surface area contributed by atoms with E-state index in [1.165, 1.54) is 10.6 Å². The van der Waals surface area contributed by atoms with Crippen molar-refractivity contribution in [1.82, 2.24) is 9.88 Å². The Morgan fingerprint density at radius 1 is 1.23 bits per heavy atom. The van der Waals surface area contributed by atoms with E-state index in [1.54, 1.807) is 13.8 Å². The van der Waals surface area contributed by atoms with Gasteiger partial charge in [0.25, 0.3) is 5.56 Å². The minimum atomic E-state index is -0.691. The highest BCUT2D eigenvalue weighted by Gasteiger charge is 2.18. The fraction of sp³-hybridized carbons (Fsp3) is 0.368. The minimum absolute atomic E-state index is 0.108. The molecule has 0 bridgehead atoms. The summed E-state index contributed by atoms with van der Waals surface area (Å²) in [5, 5.41) is 12.3. The van der Waals surface area contributed by atoms with Gasteiger partial charge < -0.3 is 24.5 Å². The molecule has 2 N–H and O–H groups in total. The molecule has 1 aromatic carbocycles. The molecule has 3 rings (SSSR count). The summed E-state index contributed by atoms with van der Waals surface area (Å²) < 4.78 is 12.6. The largest absolute Gasteiger partial charge is 0.508 e. The lowest BCUT2D eigenvalue weighted by Gasteiger charge is -2.18. The number of nitrogens with one attached hydrogen (secondary N) is 1. The number of hydrogen-bond acceptors (Lipinski definition) is 5. The molecule has 2 heterocycles. The van der Waals surface area contributed by atoms with E-state index in [4.69, 9.17) is 9.47 Å². The lowest BCUT2D eigenvalue weighted by atomic mass is 10.2. The number of carbonyl (C=O) groups excluding carboxylic acids is 1. The third-order valence-electron chi connectivity index (χ3n) is 4.29. The molecule has 2 aromatic rings. The van der Waals surface area contributed by atoms with Gasteiger partial charge in [0.15, 0.2) is 11.5 Å². The number of aryl methyl sites for hydroxylation is 1. The molecule has 1 atom stereocenters. The standard InChI is InChI=1S/C19H22N2O5/c1-12-8-15(22)10-18(23)21(12)13(2)19(24)20-11-14-4-5-16-17(9-14)26-7-3-6-25-16/h4-5,8-10,13,22H,3,6-7,11H2,1-2H3,(H,20,24). The Hall–Kier alpha value is -2.96. The van der Waals surface area contributed by atoms with Crippen molar-refractivity contribution >= 4 is 5.91 Å². The molecule has 0 spiro atoms. The van der Waals surface area contributed by atoms with Gasteiger partial charge in [0.2, 0.25) is 5.91 Å². The first kappa shape index (κ1) is 17.8. The van der Waals surface area contributed by atoms with E-state index in [0.717, 1.165) is 18.1 Å². The Labute approximate surface area is 151 Å². The fourth-order valence-electron chi connectivity index (χ4n) is 2.96. The molecular formula is C19H22N2O5. The third-order valence-corrected chi connectivity index (χ3v) is 4.29. The van der Waals surface area contributed by atoms with E-state index in [9.17, 15) is 14.7 Å². The SMILES string of the molecule is Cc1cc(O)cc(=O)n1C(C)C(=O)NCc1ccc2c(c1)OCCCO2. The summed E-state index contributed by atoms with van der Waals surface area (Å²) in [5.74, 6) is 0.988. The van der Waals surface area contributed by atoms with Crippen LogP contribution in [0.15, 0.2) is 35.1 Å². The maximum atomic E-state index is 12.5. The van der Waals surface area contributed by atoms with Gasteiger partial charge in [-0.1, -0.05) is 6.07 Å². The van der Waals surface area contributed by atoms with E-state index in [1.807, 2.05) is 18.2 Å². The zero-order chi connectivity index (χ0) is 18.7. The van der Waals surface area contributed by atoms with Crippen LogP contribution in [-0.2, 0) is 11.3 Å². The number of rotatable bonds is 4. The number of hydrogen-bond donors (Lipinski definition) is 2. The van der Waals surface area contributed by atoms with Crippen molar-refractivity contribution in [3.8, 4) is 17.2 Å². The Morgan fingerprint density at radius 3 is 2.69 bits per heavy atom. The minimum Gasteiger partial charge on any atom is -0.508 e. The number of ether oxygens (including phenoxy) is 2. The van der Waals surface area contributed by atoms with Gasteiger partial charge in [-0.25, -0.2) is 0 Å². The summed E-state index contributed by atoms with van der Waals surface area (Å²) in [6.07, 6.45) is 0.832. The van der Waals surface area contributed by atoms with E-state index >= 15 is 0 Å². The lowest BCUT2D eigenvalue weighted by molar-refractivity contribution is -0.124. The molecular weight excluding hydrogens is 336 g/mol.